The van der Waals surface area contributed by atoms with E-state index in [1.54, 1.807) is 6.92 Å². The second-order valence-electron chi connectivity index (χ2n) is 12.4. The molecule has 0 unspecified atom stereocenters. The summed E-state index contributed by atoms with van der Waals surface area (Å²) in [6.45, 7) is 4.49. The van der Waals surface area contributed by atoms with Crippen LogP contribution in [0.5, 0.6) is 11.5 Å². The van der Waals surface area contributed by atoms with Crippen LogP contribution in [0.25, 0.3) is 0 Å². The summed E-state index contributed by atoms with van der Waals surface area (Å²) in [5.41, 5.74) is -0.580. The summed E-state index contributed by atoms with van der Waals surface area (Å²) in [5, 5.41) is 15.5. The Morgan fingerprint density at radius 1 is 1.05 bits per heavy atom. The minimum atomic E-state index is -0.843. The molecule has 39 heavy (non-hydrogen) atoms. The van der Waals surface area contributed by atoms with Crippen LogP contribution in [0.15, 0.2) is 12.1 Å². The zero-order valence-corrected chi connectivity index (χ0v) is 22.9. The number of rotatable bonds is 9. The van der Waals surface area contributed by atoms with E-state index in [4.69, 9.17) is 14.2 Å². The lowest BCUT2D eigenvalue weighted by Gasteiger charge is -2.39. The molecule has 2 aliphatic heterocycles. The molecular formula is C29H39FN2O7. The summed E-state index contributed by atoms with van der Waals surface area (Å²) < 4.78 is 32.2. The van der Waals surface area contributed by atoms with Gasteiger partial charge in [-0.3, -0.25) is 14.4 Å². The van der Waals surface area contributed by atoms with E-state index in [9.17, 15) is 23.9 Å². The van der Waals surface area contributed by atoms with E-state index in [1.165, 1.54) is 19.6 Å². The van der Waals surface area contributed by atoms with Crippen molar-refractivity contribution in [1.29, 1.82) is 0 Å². The van der Waals surface area contributed by atoms with Gasteiger partial charge in [0.1, 0.15) is 5.75 Å². The number of carbonyl (C=O) groups excluding carboxylic acids is 2. The van der Waals surface area contributed by atoms with E-state index in [0.717, 1.165) is 31.7 Å². The normalized spacial score (nSPS) is 32.7. The number of amides is 2. The summed E-state index contributed by atoms with van der Waals surface area (Å²) in [5.74, 6) is -2.64. The first-order valence-corrected chi connectivity index (χ1v) is 14.0. The predicted octanol–water partition coefficient (Wildman–Crippen LogP) is 3.83. The molecule has 4 fully saturated rings. The number of carboxylic acid groups (broad SMARTS) is 1. The fourth-order valence-electron chi connectivity index (χ4n) is 6.51. The van der Waals surface area contributed by atoms with E-state index >= 15 is 0 Å². The Kier molecular flexibility index (Phi) is 7.52. The van der Waals surface area contributed by atoms with E-state index in [2.05, 4.69) is 17.6 Å². The van der Waals surface area contributed by atoms with Crippen LogP contribution in [0.4, 0.5) is 4.39 Å². The van der Waals surface area contributed by atoms with Crippen molar-refractivity contribution in [2.45, 2.75) is 96.0 Å². The van der Waals surface area contributed by atoms with Gasteiger partial charge in [-0.1, -0.05) is 13.3 Å². The van der Waals surface area contributed by atoms with Gasteiger partial charge in [-0.15, -0.1) is 0 Å². The molecule has 5 rings (SSSR count). The molecule has 2 saturated carbocycles. The molecule has 2 aliphatic carbocycles. The van der Waals surface area contributed by atoms with E-state index in [0.29, 0.717) is 32.2 Å². The van der Waals surface area contributed by atoms with Crippen molar-refractivity contribution in [3.05, 3.63) is 23.5 Å². The number of benzene rings is 1. The van der Waals surface area contributed by atoms with Crippen LogP contribution in [-0.4, -0.2) is 60.9 Å². The largest absolute Gasteiger partial charge is 0.496 e. The number of ether oxygens (including phenoxy) is 3. The first kappa shape index (κ1) is 27.7. The molecule has 2 saturated heterocycles. The average Bonchev–Trinajstić information content (AvgIpc) is 3.50. The fraction of sp³-hybridized carbons (Fsp3) is 0.690. The molecular weight excluding hydrogens is 507 g/mol. The molecule has 0 aromatic heterocycles. The third-order valence-electron chi connectivity index (χ3n) is 9.47. The molecule has 0 radical (unpaired) electrons. The Bertz CT molecular complexity index is 1130. The smallest absolute Gasteiger partial charge is 0.309 e. The first-order chi connectivity index (χ1) is 18.5. The number of hydrogen-bond donors (Lipinski definition) is 3. The highest BCUT2D eigenvalue weighted by molar-refractivity contribution is 5.98. The average molecular weight is 547 g/mol. The minimum absolute atomic E-state index is 0.0578. The zero-order chi connectivity index (χ0) is 27.9. The van der Waals surface area contributed by atoms with Crippen molar-refractivity contribution < 1.29 is 38.1 Å². The van der Waals surface area contributed by atoms with Gasteiger partial charge in [-0.25, -0.2) is 4.39 Å². The summed E-state index contributed by atoms with van der Waals surface area (Å²) in [7, 11) is 1.36. The van der Waals surface area contributed by atoms with Crippen molar-refractivity contribution in [3.8, 4) is 11.5 Å². The SMILES string of the molecule is COc1cc(F)c(O[C@H]2CC[C@@](C)(C(=O)O)CC2)cc1C(=O)N[C@H]1[C@@H](C(=O)NCC2(C)CCC2)[C@@H]2CC[C@H]1O2. The molecule has 10 heteroatoms. The number of aliphatic carboxylic acids is 1. The van der Waals surface area contributed by atoms with E-state index < -0.39 is 35.1 Å². The topological polar surface area (TPSA) is 123 Å². The minimum Gasteiger partial charge on any atom is -0.496 e. The number of carboxylic acids is 1. The lowest BCUT2D eigenvalue weighted by atomic mass is 9.70. The van der Waals surface area contributed by atoms with Crippen molar-refractivity contribution in [2.24, 2.45) is 16.7 Å². The Morgan fingerprint density at radius 2 is 1.74 bits per heavy atom. The highest BCUT2D eigenvalue weighted by Crippen LogP contribution is 2.42. The molecule has 0 spiro atoms. The van der Waals surface area contributed by atoms with Crippen LogP contribution in [0, 0.1) is 22.6 Å². The van der Waals surface area contributed by atoms with E-state index in [-0.39, 0.29) is 46.7 Å². The highest BCUT2D eigenvalue weighted by Gasteiger charge is 2.53. The van der Waals surface area contributed by atoms with Gasteiger partial charge < -0.3 is 30.0 Å². The molecule has 3 N–H and O–H groups in total. The monoisotopic (exact) mass is 546 g/mol. The molecule has 214 valence electrons. The third-order valence-corrected chi connectivity index (χ3v) is 9.47. The van der Waals surface area contributed by atoms with Crippen LogP contribution in [-0.2, 0) is 14.3 Å². The summed E-state index contributed by atoms with van der Waals surface area (Å²) >= 11 is 0. The van der Waals surface area contributed by atoms with Crippen LogP contribution >= 0.6 is 0 Å². The van der Waals surface area contributed by atoms with Gasteiger partial charge in [0.2, 0.25) is 5.91 Å². The molecule has 2 bridgehead atoms. The highest BCUT2D eigenvalue weighted by atomic mass is 19.1. The van der Waals surface area contributed by atoms with Gasteiger partial charge in [-0.2, -0.15) is 0 Å². The van der Waals surface area contributed by atoms with Crippen molar-refractivity contribution in [2.75, 3.05) is 13.7 Å². The van der Waals surface area contributed by atoms with Gasteiger partial charge in [0.15, 0.2) is 11.6 Å². The molecule has 4 atom stereocenters. The fourth-order valence-corrected chi connectivity index (χ4v) is 6.51. The van der Waals surface area contributed by atoms with Crippen molar-refractivity contribution in [1.82, 2.24) is 10.6 Å². The molecule has 2 heterocycles. The second kappa shape index (κ2) is 10.6. The summed E-state index contributed by atoms with van der Waals surface area (Å²) in [6.07, 6.45) is 5.79. The van der Waals surface area contributed by atoms with E-state index in [1.807, 2.05) is 0 Å². The van der Waals surface area contributed by atoms with Crippen LogP contribution < -0.4 is 20.1 Å². The Labute approximate surface area is 228 Å². The summed E-state index contributed by atoms with van der Waals surface area (Å²) in [4.78, 5) is 38.2. The van der Waals surface area contributed by atoms with Crippen LogP contribution in [0.1, 0.15) is 82.0 Å². The standard InChI is InChI=1S/C29H39FN2O7/c1-28(9-4-10-28)15-31-26(34)23-19-5-6-20(39-19)24(23)32-25(33)17-13-22(18(30)14-21(17)37-3)38-16-7-11-29(2,12-8-16)27(35)36/h13-14,16,19-20,23-24H,4-12,15H2,1-3H3,(H,31,34)(H,32,33)(H,35,36)/t16-,19-,20+,23-,24+,29+/m0/s1. The van der Waals surface area contributed by atoms with Gasteiger partial charge in [0.05, 0.1) is 48.4 Å². The lowest BCUT2D eigenvalue weighted by Crippen LogP contribution is -2.53. The molecule has 2 amide bonds. The Balaban J connectivity index is 1.28. The maximum absolute atomic E-state index is 14.9. The number of methoxy groups -OCH3 is 1. The maximum Gasteiger partial charge on any atom is 0.309 e. The van der Waals surface area contributed by atoms with Crippen LogP contribution in [0.2, 0.25) is 0 Å². The quantitative estimate of drug-likeness (QED) is 0.430. The predicted molar refractivity (Wildman–Crippen MR) is 139 cm³/mol. The lowest BCUT2D eigenvalue weighted by molar-refractivity contribution is -0.150. The number of hydrogen-bond acceptors (Lipinski definition) is 6. The van der Waals surface area contributed by atoms with Crippen LogP contribution in [0.3, 0.4) is 0 Å². The molecule has 1 aromatic rings. The summed E-state index contributed by atoms with van der Waals surface area (Å²) in [6, 6.07) is 1.95. The molecule has 1 aromatic carbocycles. The number of halogens is 1. The van der Waals surface area contributed by atoms with Gasteiger partial charge >= 0.3 is 5.97 Å². The maximum atomic E-state index is 14.9. The Morgan fingerprint density at radius 3 is 2.36 bits per heavy atom. The van der Waals surface area contributed by atoms with Gasteiger partial charge in [0, 0.05) is 12.6 Å². The molecule has 9 nitrogen and oxygen atoms in total. The van der Waals surface area contributed by atoms with Crippen molar-refractivity contribution in [3.63, 3.8) is 0 Å². The second-order valence-corrected chi connectivity index (χ2v) is 12.4. The van der Waals surface area contributed by atoms with Gasteiger partial charge in [-0.05, 0) is 69.8 Å². The molecule has 4 aliphatic rings. The van der Waals surface area contributed by atoms with Gasteiger partial charge in [0.25, 0.3) is 5.91 Å². The number of nitrogens with one attached hydrogen (secondary N) is 2. The van der Waals surface area contributed by atoms with Crippen molar-refractivity contribution >= 4 is 17.8 Å². The number of carbonyl (C=O) groups is 3. The first-order valence-electron chi connectivity index (χ1n) is 14.0. The zero-order valence-electron chi connectivity index (χ0n) is 22.9. The third kappa shape index (κ3) is 5.44. The Hall–Kier alpha value is -2.88. The number of fused-ring (bicyclic) bond motifs is 2.